The lowest BCUT2D eigenvalue weighted by atomic mass is 10.1. The lowest BCUT2D eigenvalue weighted by Gasteiger charge is -2.19. The highest BCUT2D eigenvalue weighted by Crippen LogP contribution is 2.21. The van der Waals surface area contributed by atoms with E-state index < -0.39 is 17.7 Å². The van der Waals surface area contributed by atoms with Gasteiger partial charge in [-0.05, 0) is 32.4 Å². The molecule has 126 valence electrons. The normalized spacial score (nSPS) is 11.3. The van der Waals surface area contributed by atoms with Crippen LogP contribution in [0.2, 0.25) is 0 Å². The first kappa shape index (κ1) is 18.5. The summed E-state index contributed by atoms with van der Waals surface area (Å²) in [4.78, 5) is 22.2. The van der Waals surface area contributed by atoms with E-state index in [0.717, 1.165) is 5.56 Å². The molecule has 1 amide bonds. The van der Waals surface area contributed by atoms with Gasteiger partial charge in [0.05, 0.1) is 13.5 Å². The quantitative estimate of drug-likeness (QED) is 0.841. The summed E-state index contributed by atoms with van der Waals surface area (Å²) < 4.78 is 10.3. The third-order valence-electron chi connectivity index (χ3n) is 2.73. The van der Waals surface area contributed by atoms with Gasteiger partial charge in [-0.1, -0.05) is 24.3 Å². The number of hydrogen-bond donors (Lipinski definition) is 2. The molecule has 0 aromatic heterocycles. The Balaban J connectivity index is 2.60. The van der Waals surface area contributed by atoms with Crippen LogP contribution in [0.1, 0.15) is 31.9 Å². The molecule has 0 spiro atoms. The summed E-state index contributed by atoms with van der Waals surface area (Å²) in [7, 11) is 1.50. The van der Waals surface area contributed by atoms with Crippen molar-refractivity contribution in [2.75, 3.05) is 13.7 Å². The Morgan fingerprint density at radius 3 is 2.57 bits per heavy atom. The van der Waals surface area contributed by atoms with Crippen LogP contribution in [-0.4, -0.2) is 36.4 Å². The highest BCUT2D eigenvalue weighted by atomic mass is 16.6. The number of nitrogens with one attached hydrogen (secondary N) is 1. The molecule has 0 saturated carbocycles. The van der Waals surface area contributed by atoms with Crippen LogP contribution in [0.25, 0.3) is 6.08 Å². The first-order chi connectivity index (χ1) is 10.7. The van der Waals surface area contributed by atoms with Gasteiger partial charge in [-0.15, -0.1) is 0 Å². The van der Waals surface area contributed by atoms with Gasteiger partial charge in [0.25, 0.3) is 0 Å². The highest BCUT2D eigenvalue weighted by molar-refractivity contribution is 5.72. The van der Waals surface area contributed by atoms with Crippen molar-refractivity contribution >= 4 is 18.1 Å². The van der Waals surface area contributed by atoms with E-state index in [-0.39, 0.29) is 6.42 Å². The Hall–Kier alpha value is -2.50. The zero-order chi connectivity index (χ0) is 17.5. The van der Waals surface area contributed by atoms with Crippen LogP contribution in [0.5, 0.6) is 5.75 Å². The fourth-order valence-electron chi connectivity index (χ4n) is 1.83. The molecule has 0 saturated heterocycles. The minimum atomic E-state index is -0.909. The zero-order valence-corrected chi connectivity index (χ0v) is 13.9. The van der Waals surface area contributed by atoms with Crippen LogP contribution >= 0.6 is 0 Å². The molecule has 0 fully saturated rings. The molecule has 1 rings (SSSR count). The Morgan fingerprint density at radius 2 is 2.00 bits per heavy atom. The van der Waals surface area contributed by atoms with Gasteiger partial charge in [-0.25, -0.2) is 4.79 Å². The monoisotopic (exact) mass is 321 g/mol. The zero-order valence-electron chi connectivity index (χ0n) is 13.9. The van der Waals surface area contributed by atoms with Gasteiger partial charge < -0.3 is 19.9 Å². The van der Waals surface area contributed by atoms with Gasteiger partial charge in [-0.3, -0.25) is 4.79 Å². The maximum Gasteiger partial charge on any atom is 0.407 e. The van der Waals surface area contributed by atoms with Crippen molar-refractivity contribution < 1.29 is 24.2 Å². The van der Waals surface area contributed by atoms with Crippen molar-refractivity contribution in [1.82, 2.24) is 5.32 Å². The number of carboxylic acid groups (broad SMARTS) is 1. The van der Waals surface area contributed by atoms with E-state index in [1.165, 1.54) is 7.11 Å². The predicted molar refractivity (Wildman–Crippen MR) is 87.6 cm³/mol. The van der Waals surface area contributed by atoms with Gasteiger partial charge in [0, 0.05) is 12.1 Å². The number of alkyl carbamates (subject to hydrolysis) is 1. The summed E-state index contributed by atoms with van der Waals surface area (Å²) in [6.07, 6.45) is 3.02. The number of carbonyl (C=O) groups is 2. The molecule has 6 heteroatoms. The molecule has 0 radical (unpaired) electrons. The average molecular weight is 321 g/mol. The standard InChI is InChI=1S/C17H23NO5/c1-17(2,3)23-16(21)18-9-5-6-12-7-8-13(11-15(19)20)14(10-12)22-4/h5-8,10H,9,11H2,1-4H3,(H,18,21)(H,19,20). The second-order valence-electron chi connectivity index (χ2n) is 5.93. The Labute approximate surface area is 136 Å². The van der Waals surface area contributed by atoms with Gasteiger partial charge >= 0.3 is 12.1 Å². The molecular formula is C17H23NO5. The summed E-state index contributed by atoms with van der Waals surface area (Å²) in [6.45, 7) is 5.72. The van der Waals surface area contributed by atoms with Crippen LogP contribution in [0.15, 0.2) is 24.3 Å². The molecule has 0 aliphatic rings. The third-order valence-corrected chi connectivity index (χ3v) is 2.73. The second-order valence-corrected chi connectivity index (χ2v) is 5.93. The number of hydrogen-bond acceptors (Lipinski definition) is 4. The van der Waals surface area contributed by atoms with Gasteiger partial charge in [0.1, 0.15) is 11.4 Å². The number of amides is 1. The van der Waals surface area contributed by atoms with E-state index in [4.69, 9.17) is 14.6 Å². The molecule has 23 heavy (non-hydrogen) atoms. The summed E-state index contributed by atoms with van der Waals surface area (Å²) in [5.41, 5.74) is 0.937. The van der Waals surface area contributed by atoms with Crippen LogP contribution in [-0.2, 0) is 16.0 Å². The average Bonchev–Trinajstić information content (AvgIpc) is 2.42. The summed E-state index contributed by atoms with van der Waals surface area (Å²) in [6, 6.07) is 5.26. The van der Waals surface area contributed by atoms with Crippen molar-refractivity contribution in [3.63, 3.8) is 0 Å². The smallest absolute Gasteiger partial charge is 0.407 e. The highest BCUT2D eigenvalue weighted by Gasteiger charge is 2.15. The largest absolute Gasteiger partial charge is 0.496 e. The number of carbonyl (C=O) groups excluding carboxylic acids is 1. The van der Waals surface area contributed by atoms with E-state index in [1.807, 2.05) is 6.08 Å². The number of carboxylic acids is 1. The number of methoxy groups -OCH3 is 1. The van der Waals surface area contributed by atoms with Crippen LogP contribution in [0.4, 0.5) is 4.79 Å². The molecule has 0 unspecified atom stereocenters. The van der Waals surface area contributed by atoms with Crippen molar-refractivity contribution in [2.45, 2.75) is 32.8 Å². The minimum Gasteiger partial charge on any atom is -0.496 e. The number of aliphatic carboxylic acids is 1. The fourth-order valence-corrected chi connectivity index (χ4v) is 1.83. The Morgan fingerprint density at radius 1 is 1.30 bits per heavy atom. The van der Waals surface area contributed by atoms with Crippen LogP contribution in [0, 0.1) is 0 Å². The molecule has 6 nitrogen and oxygen atoms in total. The number of ether oxygens (including phenoxy) is 2. The van der Waals surface area contributed by atoms with Crippen LogP contribution in [0.3, 0.4) is 0 Å². The number of benzene rings is 1. The molecule has 0 atom stereocenters. The maximum atomic E-state index is 11.5. The van der Waals surface area contributed by atoms with Gasteiger partial charge in [0.2, 0.25) is 0 Å². The minimum absolute atomic E-state index is 0.0899. The van der Waals surface area contributed by atoms with Crippen molar-refractivity contribution in [2.24, 2.45) is 0 Å². The van der Waals surface area contributed by atoms with Crippen molar-refractivity contribution in [1.29, 1.82) is 0 Å². The summed E-state index contributed by atoms with van der Waals surface area (Å²) in [5.74, 6) is -0.386. The Bertz CT molecular complexity index is 587. The molecule has 2 N–H and O–H groups in total. The Kier molecular flexibility index (Phi) is 6.63. The van der Waals surface area contributed by atoms with E-state index in [2.05, 4.69) is 5.32 Å². The van der Waals surface area contributed by atoms with Crippen molar-refractivity contribution in [3.05, 3.63) is 35.4 Å². The lowest BCUT2D eigenvalue weighted by molar-refractivity contribution is -0.136. The lowest BCUT2D eigenvalue weighted by Crippen LogP contribution is -2.32. The summed E-state index contributed by atoms with van der Waals surface area (Å²) >= 11 is 0. The molecule has 0 aliphatic carbocycles. The third kappa shape index (κ3) is 7.35. The molecule has 1 aromatic rings. The molecule has 0 bridgehead atoms. The molecule has 0 aliphatic heterocycles. The van der Waals surface area contributed by atoms with E-state index in [0.29, 0.717) is 17.9 Å². The first-order valence-corrected chi connectivity index (χ1v) is 7.23. The maximum absolute atomic E-state index is 11.5. The van der Waals surface area contributed by atoms with E-state index in [9.17, 15) is 9.59 Å². The predicted octanol–water partition coefficient (Wildman–Crippen LogP) is 2.86. The van der Waals surface area contributed by atoms with Crippen LogP contribution < -0.4 is 10.1 Å². The summed E-state index contributed by atoms with van der Waals surface area (Å²) in [5, 5.41) is 11.5. The van der Waals surface area contributed by atoms with E-state index >= 15 is 0 Å². The van der Waals surface area contributed by atoms with Gasteiger partial charge in [-0.2, -0.15) is 0 Å². The van der Waals surface area contributed by atoms with E-state index in [1.54, 1.807) is 45.0 Å². The van der Waals surface area contributed by atoms with Gasteiger partial charge in [0.15, 0.2) is 0 Å². The second kappa shape index (κ2) is 8.22. The fraction of sp³-hybridized carbons (Fsp3) is 0.412. The van der Waals surface area contributed by atoms with Crippen molar-refractivity contribution in [3.8, 4) is 5.75 Å². The molecule has 1 aromatic carbocycles. The first-order valence-electron chi connectivity index (χ1n) is 7.23. The SMILES string of the molecule is COc1cc(C=CCNC(=O)OC(C)(C)C)ccc1CC(=O)O. The molecule has 0 heterocycles. The topological polar surface area (TPSA) is 84.9 Å². The number of rotatable bonds is 6. The molecular weight excluding hydrogens is 298 g/mol.